The number of nitrogen functional groups attached to an aromatic ring is 2. The lowest BCUT2D eigenvalue weighted by molar-refractivity contribution is 0.329. The van der Waals surface area contributed by atoms with Gasteiger partial charge in [0.25, 0.3) is 0 Å². The monoisotopic (exact) mass is 457 g/mol. The number of pyridine rings is 1. The highest BCUT2D eigenvalue weighted by Crippen LogP contribution is 2.35. The van der Waals surface area contributed by atoms with Crippen LogP contribution < -0.4 is 21.1 Å². The zero-order valence-electron chi connectivity index (χ0n) is 18.6. The molecular formula is C24H23N7OS. The van der Waals surface area contributed by atoms with Gasteiger partial charge >= 0.3 is 0 Å². The fourth-order valence-electron chi connectivity index (χ4n) is 4.14. The molecule has 33 heavy (non-hydrogen) atoms. The molecule has 4 heterocycles. The predicted molar refractivity (Wildman–Crippen MR) is 132 cm³/mol. The van der Waals surface area contributed by atoms with E-state index in [9.17, 15) is 0 Å². The van der Waals surface area contributed by atoms with E-state index < -0.39 is 0 Å². The Kier molecular flexibility index (Phi) is 5.23. The Bertz CT molecular complexity index is 1450. The molecule has 0 bridgehead atoms. The minimum Gasteiger partial charge on any atom is -0.491 e. The second kappa shape index (κ2) is 8.22. The molecule has 0 fully saturated rings. The van der Waals surface area contributed by atoms with Crippen molar-refractivity contribution in [3.05, 3.63) is 46.8 Å². The molecule has 4 aromatic rings. The smallest absolute Gasteiger partial charge is 0.222 e. The van der Waals surface area contributed by atoms with Crippen LogP contribution in [0.15, 0.2) is 24.4 Å². The van der Waals surface area contributed by atoms with Crippen molar-refractivity contribution < 1.29 is 4.74 Å². The molecule has 1 aliphatic rings. The third-order valence-electron chi connectivity index (χ3n) is 5.56. The average molecular weight is 458 g/mol. The van der Waals surface area contributed by atoms with E-state index in [1.54, 1.807) is 6.92 Å². The quantitative estimate of drug-likeness (QED) is 0.438. The second-order valence-corrected chi connectivity index (χ2v) is 8.90. The van der Waals surface area contributed by atoms with Crippen molar-refractivity contribution in [1.82, 2.24) is 19.9 Å². The first-order chi connectivity index (χ1) is 15.9. The van der Waals surface area contributed by atoms with E-state index in [4.69, 9.17) is 16.2 Å². The summed E-state index contributed by atoms with van der Waals surface area (Å²) in [4.78, 5) is 20.7. The number of nitrogens with zero attached hydrogens (tertiary/aromatic N) is 5. The van der Waals surface area contributed by atoms with E-state index in [0.29, 0.717) is 24.8 Å². The van der Waals surface area contributed by atoms with Gasteiger partial charge in [-0.1, -0.05) is 17.3 Å². The van der Waals surface area contributed by atoms with Gasteiger partial charge in [0, 0.05) is 23.9 Å². The number of aryl methyl sites for hydroxylation is 2. The molecule has 4 N–H and O–H groups in total. The Balaban J connectivity index is 1.58. The van der Waals surface area contributed by atoms with Crippen molar-refractivity contribution in [3.8, 4) is 28.7 Å². The summed E-state index contributed by atoms with van der Waals surface area (Å²) in [5, 5.41) is 0.516. The number of hydrogen-bond donors (Lipinski definition) is 2. The van der Waals surface area contributed by atoms with Gasteiger partial charge in [0.2, 0.25) is 5.95 Å². The number of rotatable bonds is 2. The molecule has 0 spiro atoms. The van der Waals surface area contributed by atoms with Gasteiger partial charge in [0.15, 0.2) is 10.9 Å². The Morgan fingerprint density at radius 2 is 1.94 bits per heavy atom. The maximum atomic E-state index is 6.16. The van der Waals surface area contributed by atoms with Crippen LogP contribution >= 0.6 is 11.3 Å². The van der Waals surface area contributed by atoms with E-state index >= 15 is 0 Å². The number of fused-ring (bicyclic) bond motifs is 2. The molecule has 166 valence electrons. The van der Waals surface area contributed by atoms with E-state index in [2.05, 4.69) is 55.7 Å². The maximum Gasteiger partial charge on any atom is 0.222 e. The van der Waals surface area contributed by atoms with Crippen LogP contribution in [-0.2, 0) is 6.54 Å². The van der Waals surface area contributed by atoms with Gasteiger partial charge in [-0.25, -0.2) is 15.0 Å². The number of hydrogen-bond acceptors (Lipinski definition) is 9. The first-order valence-corrected chi connectivity index (χ1v) is 11.3. The first-order valence-electron chi connectivity index (χ1n) is 10.5. The van der Waals surface area contributed by atoms with Crippen LogP contribution in [0.4, 0.5) is 16.9 Å². The molecule has 0 radical (unpaired) electrons. The summed E-state index contributed by atoms with van der Waals surface area (Å²) in [6, 6.07) is 6.28. The van der Waals surface area contributed by atoms with Crippen LogP contribution in [0.1, 0.15) is 29.3 Å². The largest absolute Gasteiger partial charge is 0.491 e. The highest BCUT2D eigenvalue weighted by molar-refractivity contribution is 7.21. The lowest BCUT2D eigenvalue weighted by Gasteiger charge is -2.23. The normalized spacial score (nSPS) is 13.1. The summed E-state index contributed by atoms with van der Waals surface area (Å²) in [7, 11) is 0. The molecule has 9 heteroatoms. The van der Waals surface area contributed by atoms with Gasteiger partial charge in [-0.3, -0.25) is 0 Å². The summed E-state index contributed by atoms with van der Waals surface area (Å²) < 4.78 is 6.16. The third-order valence-corrected chi connectivity index (χ3v) is 6.36. The lowest BCUT2D eigenvalue weighted by Crippen LogP contribution is -2.28. The van der Waals surface area contributed by atoms with Crippen molar-refractivity contribution >= 4 is 38.6 Å². The maximum absolute atomic E-state index is 6.16. The molecule has 1 aliphatic heterocycles. The highest BCUT2D eigenvalue weighted by Gasteiger charge is 2.23. The number of anilines is 3. The minimum absolute atomic E-state index is 0.237. The van der Waals surface area contributed by atoms with Gasteiger partial charge in [-0.15, -0.1) is 5.92 Å². The molecular weight excluding hydrogens is 434 g/mol. The van der Waals surface area contributed by atoms with Crippen LogP contribution in [0.5, 0.6) is 5.75 Å². The van der Waals surface area contributed by atoms with Crippen molar-refractivity contribution in [2.75, 3.05) is 29.5 Å². The van der Waals surface area contributed by atoms with Gasteiger partial charge < -0.3 is 21.1 Å². The summed E-state index contributed by atoms with van der Waals surface area (Å²) in [5.41, 5.74) is 18.4. The first kappa shape index (κ1) is 21.0. The van der Waals surface area contributed by atoms with E-state index in [-0.39, 0.29) is 5.95 Å². The summed E-state index contributed by atoms with van der Waals surface area (Å²) in [6.45, 7) is 7.56. The van der Waals surface area contributed by atoms with Crippen molar-refractivity contribution in [2.24, 2.45) is 0 Å². The zero-order valence-corrected chi connectivity index (χ0v) is 19.5. The van der Waals surface area contributed by atoms with Crippen molar-refractivity contribution in [1.29, 1.82) is 0 Å². The Morgan fingerprint density at radius 1 is 1.09 bits per heavy atom. The molecule has 0 aliphatic carbocycles. The molecule has 0 saturated heterocycles. The number of thiazole rings is 1. The van der Waals surface area contributed by atoms with E-state index in [1.807, 2.05) is 19.2 Å². The number of aromatic nitrogens is 4. The fourth-order valence-corrected chi connectivity index (χ4v) is 4.79. The zero-order chi connectivity index (χ0) is 23.1. The predicted octanol–water partition coefficient (Wildman–Crippen LogP) is 3.70. The van der Waals surface area contributed by atoms with Crippen LogP contribution in [0.3, 0.4) is 0 Å². The molecule has 8 nitrogen and oxygen atoms in total. The molecule has 0 unspecified atom stereocenters. The summed E-state index contributed by atoms with van der Waals surface area (Å²) >= 11 is 1.39. The van der Waals surface area contributed by atoms with Crippen LogP contribution in [-0.4, -0.2) is 33.1 Å². The molecule has 1 aromatic carbocycles. The van der Waals surface area contributed by atoms with E-state index in [1.165, 1.54) is 11.3 Å². The molecule has 5 rings (SSSR count). The Labute approximate surface area is 195 Å². The number of nitrogens with two attached hydrogens (primary N) is 2. The summed E-state index contributed by atoms with van der Waals surface area (Å²) in [6.07, 6.45) is 1.86. The van der Waals surface area contributed by atoms with Crippen LogP contribution in [0, 0.1) is 25.7 Å². The Morgan fingerprint density at radius 3 is 2.76 bits per heavy atom. The van der Waals surface area contributed by atoms with Crippen LogP contribution in [0.2, 0.25) is 0 Å². The average Bonchev–Trinajstić information content (AvgIpc) is 3.01. The molecule has 0 atom stereocenters. The SMILES string of the molecule is CC#Cc1c(C)nc(N)nc1N1CCOc2c(C)cc(-c3cnc4sc(N)nc4c3)cc2C1. The third kappa shape index (κ3) is 3.90. The van der Waals surface area contributed by atoms with Gasteiger partial charge in [-0.05, 0) is 50.1 Å². The van der Waals surface area contributed by atoms with Gasteiger partial charge in [-0.2, -0.15) is 4.98 Å². The number of ether oxygens (including phenoxy) is 1. The second-order valence-electron chi connectivity index (χ2n) is 7.89. The van der Waals surface area contributed by atoms with Crippen LogP contribution in [0.25, 0.3) is 21.5 Å². The molecule has 0 amide bonds. The Hall–Kier alpha value is -3.90. The standard InChI is InChI=1S/C24H23N7OS/c1-4-5-18-14(3)28-23(25)30-21(18)31-6-7-32-20-13(2)8-15(9-17(20)12-31)16-10-19-22(27-11-16)33-24(26)29-19/h8-11H,6-7,12H2,1-3H3,(H2,26,29)(H2,25,28,30). The van der Waals surface area contributed by atoms with E-state index in [0.717, 1.165) is 55.4 Å². The topological polar surface area (TPSA) is 116 Å². The lowest BCUT2D eigenvalue weighted by atomic mass is 9.99. The fraction of sp³-hybridized carbons (Fsp3) is 0.250. The van der Waals surface area contributed by atoms with Crippen molar-refractivity contribution in [2.45, 2.75) is 27.3 Å². The van der Waals surface area contributed by atoms with Gasteiger partial charge in [0.05, 0.1) is 17.8 Å². The highest BCUT2D eigenvalue weighted by atomic mass is 32.1. The van der Waals surface area contributed by atoms with Gasteiger partial charge in [0.1, 0.15) is 22.7 Å². The summed E-state index contributed by atoms with van der Waals surface area (Å²) in [5.74, 6) is 7.98. The number of benzene rings is 1. The molecule has 3 aromatic heterocycles. The van der Waals surface area contributed by atoms with Crippen molar-refractivity contribution in [3.63, 3.8) is 0 Å². The minimum atomic E-state index is 0.237. The molecule has 0 saturated carbocycles.